The summed E-state index contributed by atoms with van der Waals surface area (Å²) in [6, 6.07) is 7.36. The largest absolute Gasteiger partial charge is 0.353 e. The molecule has 23 heavy (non-hydrogen) atoms. The number of hydrogen-bond donors (Lipinski definition) is 1. The Morgan fingerprint density at radius 1 is 1.48 bits per heavy atom. The first kappa shape index (κ1) is 17.3. The minimum absolute atomic E-state index is 0.0584. The van der Waals surface area contributed by atoms with Crippen molar-refractivity contribution in [2.24, 2.45) is 0 Å². The number of benzene rings is 1. The maximum absolute atomic E-state index is 12.6. The van der Waals surface area contributed by atoms with Crippen molar-refractivity contribution in [3.8, 4) is 0 Å². The Balaban J connectivity index is 2.28. The third-order valence-electron chi connectivity index (χ3n) is 3.49. The lowest BCUT2D eigenvalue weighted by molar-refractivity contribution is -0.119. The molecule has 1 aromatic carbocycles. The van der Waals surface area contributed by atoms with Crippen LogP contribution in [0.2, 0.25) is 0 Å². The fourth-order valence-electron chi connectivity index (χ4n) is 2.10. The van der Waals surface area contributed by atoms with E-state index < -0.39 is 0 Å². The fraction of sp³-hybridized carbons (Fsp3) is 0.353. The van der Waals surface area contributed by atoms with Crippen molar-refractivity contribution in [2.45, 2.75) is 38.0 Å². The van der Waals surface area contributed by atoms with Crippen LogP contribution in [0.3, 0.4) is 0 Å². The van der Waals surface area contributed by atoms with Gasteiger partial charge in [-0.3, -0.25) is 14.2 Å². The minimum atomic E-state index is -0.111. The number of carbonyl (C=O) groups is 1. The Morgan fingerprint density at radius 2 is 2.22 bits per heavy atom. The monoisotopic (exact) mass is 331 g/mol. The van der Waals surface area contributed by atoms with E-state index in [4.69, 9.17) is 0 Å². The van der Waals surface area contributed by atoms with Gasteiger partial charge in [-0.1, -0.05) is 36.9 Å². The molecule has 0 saturated heterocycles. The third-order valence-corrected chi connectivity index (χ3v) is 4.47. The van der Waals surface area contributed by atoms with E-state index in [0.717, 1.165) is 6.42 Å². The van der Waals surface area contributed by atoms with Crippen LogP contribution in [-0.4, -0.2) is 27.3 Å². The van der Waals surface area contributed by atoms with E-state index in [1.165, 1.54) is 11.8 Å². The number of nitrogens with one attached hydrogen (secondary N) is 1. The molecule has 0 bridgehead atoms. The first-order chi connectivity index (χ1) is 11.1. The Morgan fingerprint density at radius 3 is 2.91 bits per heavy atom. The number of hydrogen-bond acceptors (Lipinski definition) is 4. The average molecular weight is 331 g/mol. The summed E-state index contributed by atoms with van der Waals surface area (Å²) in [5, 5.41) is 4.02. The lowest BCUT2D eigenvalue weighted by atomic mass is 10.2. The standard InChI is InChI=1S/C17H21N3O2S/c1-4-10-20-16(22)13-8-6-7-9-14(13)19-17(20)23-11-15(21)18-12(3)5-2/h4,6-9,12H,1,5,10-11H2,2-3H3,(H,18,21). The van der Waals surface area contributed by atoms with E-state index in [2.05, 4.69) is 16.9 Å². The summed E-state index contributed by atoms with van der Waals surface area (Å²) >= 11 is 1.27. The average Bonchev–Trinajstić information content (AvgIpc) is 2.55. The van der Waals surface area contributed by atoms with Crippen LogP contribution < -0.4 is 10.9 Å². The molecule has 5 nitrogen and oxygen atoms in total. The highest BCUT2D eigenvalue weighted by molar-refractivity contribution is 7.99. The van der Waals surface area contributed by atoms with Gasteiger partial charge >= 0.3 is 0 Å². The van der Waals surface area contributed by atoms with Crippen molar-refractivity contribution in [1.29, 1.82) is 0 Å². The predicted octanol–water partition coefficient (Wildman–Crippen LogP) is 2.59. The van der Waals surface area contributed by atoms with Crippen molar-refractivity contribution >= 4 is 28.6 Å². The van der Waals surface area contributed by atoms with E-state index in [0.29, 0.717) is 22.6 Å². The van der Waals surface area contributed by atoms with Gasteiger partial charge in [0.15, 0.2) is 5.16 Å². The van der Waals surface area contributed by atoms with Gasteiger partial charge in [0.1, 0.15) is 0 Å². The number of amides is 1. The van der Waals surface area contributed by atoms with E-state index in [1.54, 1.807) is 22.8 Å². The van der Waals surface area contributed by atoms with Crippen LogP contribution in [-0.2, 0) is 11.3 Å². The molecule has 6 heteroatoms. The van der Waals surface area contributed by atoms with Crippen LogP contribution in [0.25, 0.3) is 10.9 Å². The van der Waals surface area contributed by atoms with Gasteiger partial charge in [0.05, 0.1) is 16.7 Å². The van der Waals surface area contributed by atoms with Crippen molar-refractivity contribution in [3.05, 3.63) is 47.3 Å². The zero-order chi connectivity index (χ0) is 16.8. The highest BCUT2D eigenvalue weighted by Gasteiger charge is 2.13. The molecule has 0 saturated carbocycles. The number of aromatic nitrogens is 2. The van der Waals surface area contributed by atoms with Gasteiger partial charge in [-0.2, -0.15) is 0 Å². The zero-order valence-corrected chi connectivity index (χ0v) is 14.2. The summed E-state index contributed by atoms with van der Waals surface area (Å²) in [6.45, 7) is 8.04. The van der Waals surface area contributed by atoms with Crippen LogP contribution in [0.1, 0.15) is 20.3 Å². The molecule has 0 radical (unpaired) electrons. The molecule has 122 valence electrons. The number of carbonyl (C=O) groups excluding carboxylic acids is 1. The molecule has 2 rings (SSSR count). The second-order valence-corrected chi connectivity index (χ2v) is 6.22. The molecule has 1 aromatic heterocycles. The molecule has 1 atom stereocenters. The molecule has 1 heterocycles. The lowest BCUT2D eigenvalue weighted by Crippen LogP contribution is -2.33. The number of allylic oxidation sites excluding steroid dienone is 1. The quantitative estimate of drug-likeness (QED) is 0.481. The molecule has 0 spiro atoms. The Labute approximate surface area is 139 Å². The van der Waals surface area contributed by atoms with Crippen molar-refractivity contribution in [1.82, 2.24) is 14.9 Å². The first-order valence-corrected chi connectivity index (χ1v) is 8.58. The molecule has 1 unspecified atom stereocenters. The molecule has 0 fully saturated rings. The Bertz CT molecular complexity index is 770. The number of fused-ring (bicyclic) bond motifs is 1. The van der Waals surface area contributed by atoms with Crippen molar-refractivity contribution in [2.75, 3.05) is 5.75 Å². The third kappa shape index (κ3) is 4.22. The fourth-order valence-corrected chi connectivity index (χ4v) is 2.92. The summed E-state index contributed by atoms with van der Waals surface area (Å²) < 4.78 is 1.55. The summed E-state index contributed by atoms with van der Waals surface area (Å²) in [6.07, 6.45) is 2.53. The number of para-hydroxylation sites is 1. The van der Waals surface area contributed by atoms with Crippen LogP contribution in [0.15, 0.2) is 46.9 Å². The summed E-state index contributed by atoms with van der Waals surface area (Å²) in [4.78, 5) is 29.0. The SMILES string of the molecule is C=CCn1c(SCC(=O)NC(C)CC)nc2ccccc2c1=O. The summed E-state index contributed by atoms with van der Waals surface area (Å²) in [5.74, 6) is 0.170. The van der Waals surface area contributed by atoms with Crippen LogP contribution >= 0.6 is 11.8 Å². The Hall–Kier alpha value is -2.08. The molecule has 1 amide bonds. The maximum atomic E-state index is 12.6. The molecular formula is C17H21N3O2S. The van der Waals surface area contributed by atoms with Gasteiger partial charge < -0.3 is 5.32 Å². The minimum Gasteiger partial charge on any atom is -0.353 e. The molecule has 2 aromatic rings. The van der Waals surface area contributed by atoms with Gasteiger partial charge in [-0.25, -0.2) is 4.98 Å². The van der Waals surface area contributed by atoms with Gasteiger partial charge in [0.2, 0.25) is 5.91 Å². The molecule has 1 N–H and O–H groups in total. The second-order valence-electron chi connectivity index (χ2n) is 5.28. The van der Waals surface area contributed by atoms with Gasteiger partial charge in [-0.15, -0.1) is 6.58 Å². The van der Waals surface area contributed by atoms with E-state index in [9.17, 15) is 9.59 Å². The van der Waals surface area contributed by atoms with Crippen LogP contribution in [0.5, 0.6) is 0 Å². The predicted molar refractivity (Wildman–Crippen MR) is 94.8 cm³/mol. The van der Waals surface area contributed by atoms with Crippen molar-refractivity contribution in [3.63, 3.8) is 0 Å². The number of rotatable bonds is 7. The van der Waals surface area contributed by atoms with E-state index in [-0.39, 0.29) is 23.3 Å². The van der Waals surface area contributed by atoms with Crippen LogP contribution in [0.4, 0.5) is 0 Å². The topological polar surface area (TPSA) is 64.0 Å². The number of nitrogens with zero attached hydrogens (tertiary/aromatic N) is 2. The van der Waals surface area contributed by atoms with Crippen molar-refractivity contribution < 1.29 is 4.79 Å². The number of thioether (sulfide) groups is 1. The molecule has 0 aliphatic rings. The smallest absolute Gasteiger partial charge is 0.262 e. The molecular weight excluding hydrogens is 310 g/mol. The van der Waals surface area contributed by atoms with E-state index >= 15 is 0 Å². The van der Waals surface area contributed by atoms with Gasteiger partial charge in [-0.05, 0) is 25.5 Å². The van der Waals surface area contributed by atoms with Gasteiger partial charge in [0.25, 0.3) is 5.56 Å². The van der Waals surface area contributed by atoms with Crippen LogP contribution in [0, 0.1) is 0 Å². The highest BCUT2D eigenvalue weighted by Crippen LogP contribution is 2.17. The molecule has 0 aliphatic heterocycles. The Kier molecular flexibility index (Phi) is 5.98. The van der Waals surface area contributed by atoms with Gasteiger partial charge in [0, 0.05) is 12.6 Å². The zero-order valence-electron chi connectivity index (χ0n) is 13.4. The highest BCUT2D eigenvalue weighted by atomic mass is 32.2. The maximum Gasteiger partial charge on any atom is 0.262 e. The molecule has 0 aliphatic carbocycles. The summed E-state index contributed by atoms with van der Waals surface area (Å²) in [5.41, 5.74) is 0.531. The second kappa shape index (κ2) is 7.97. The normalized spacial score (nSPS) is 12.1. The summed E-state index contributed by atoms with van der Waals surface area (Å²) in [7, 11) is 0. The van der Waals surface area contributed by atoms with E-state index in [1.807, 2.05) is 26.0 Å². The lowest BCUT2D eigenvalue weighted by Gasteiger charge is -2.13. The first-order valence-electron chi connectivity index (χ1n) is 7.59.